The number of benzene rings is 1. The third kappa shape index (κ3) is 3.05. The normalized spacial score (nSPS) is 21.6. The monoisotopic (exact) mass is 247 g/mol. The average Bonchev–Trinajstić information content (AvgIpc) is 2.38. The molecule has 2 N–H and O–H groups in total. The summed E-state index contributed by atoms with van der Waals surface area (Å²) >= 11 is 0. The minimum atomic E-state index is 0.149. The number of ether oxygens (including phenoxy) is 1. The van der Waals surface area contributed by atoms with Gasteiger partial charge in [-0.15, -0.1) is 0 Å². The summed E-state index contributed by atoms with van der Waals surface area (Å²) in [7, 11) is 1.70. The first-order chi connectivity index (χ1) is 8.52. The summed E-state index contributed by atoms with van der Waals surface area (Å²) in [6.45, 7) is 4.72. The van der Waals surface area contributed by atoms with E-state index in [1.165, 1.54) is 31.2 Å². The molecule has 0 amide bonds. The standard InChI is InChI=1S/C16H25NO/c1-16(2)9-7-12(8-10-16)15(17)13-5-4-6-14(11-13)18-3/h4-6,11-12,15H,7-10,17H2,1-3H3. The van der Waals surface area contributed by atoms with Crippen molar-refractivity contribution in [1.82, 2.24) is 0 Å². The maximum atomic E-state index is 6.43. The Labute approximate surface area is 111 Å². The molecule has 0 spiro atoms. The van der Waals surface area contributed by atoms with Crippen LogP contribution in [-0.4, -0.2) is 7.11 Å². The van der Waals surface area contributed by atoms with Crippen molar-refractivity contribution < 1.29 is 4.74 Å². The van der Waals surface area contributed by atoms with Crippen molar-refractivity contribution in [2.24, 2.45) is 17.1 Å². The van der Waals surface area contributed by atoms with Crippen molar-refractivity contribution in [2.75, 3.05) is 7.11 Å². The molecule has 2 rings (SSSR count). The number of methoxy groups -OCH3 is 1. The van der Waals surface area contributed by atoms with E-state index in [-0.39, 0.29) is 6.04 Å². The summed E-state index contributed by atoms with van der Waals surface area (Å²) in [5.41, 5.74) is 8.14. The van der Waals surface area contributed by atoms with Gasteiger partial charge in [-0.25, -0.2) is 0 Å². The number of nitrogens with two attached hydrogens (primary N) is 1. The second kappa shape index (κ2) is 5.31. The van der Waals surface area contributed by atoms with E-state index >= 15 is 0 Å². The van der Waals surface area contributed by atoms with Crippen LogP contribution in [0.5, 0.6) is 5.75 Å². The zero-order chi connectivity index (χ0) is 13.2. The Morgan fingerprint density at radius 2 is 1.94 bits per heavy atom. The lowest BCUT2D eigenvalue weighted by atomic mass is 9.70. The Balaban J connectivity index is 2.05. The smallest absolute Gasteiger partial charge is 0.119 e. The topological polar surface area (TPSA) is 35.2 Å². The summed E-state index contributed by atoms with van der Waals surface area (Å²) < 4.78 is 5.27. The van der Waals surface area contributed by atoms with Crippen molar-refractivity contribution in [3.8, 4) is 5.75 Å². The summed E-state index contributed by atoms with van der Waals surface area (Å²) in [6, 6.07) is 8.34. The van der Waals surface area contributed by atoms with Gasteiger partial charge in [0.25, 0.3) is 0 Å². The predicted octanol–water partition coefficient (Wildman–Crippen LogP) is 3.91. The Morgan fingerprint density at radius 1 is 1.28 bits per heavy atom. The molecule has 2 heteroatoms. The Bertz CT molecular complexity index is 390. The summed E-state index contributed by atoms with van der Waals surface area (Å²) in [6.07, 6.45) is 5.06. The van der Waals surface area contributed by atoms with Crippen LogP contribution in [0.2, 0.25) is 0 Å². The highest BCUT2D eigenvalue weighted by atomic mass is 16.5. The van der Waals surface area contributed by atoms with Gasteiger partial charge in [0, 0.05) is 6.04 Å². The molecular weight excluding hydrogens is 222 g/mol. The fourth-order valence-electron chi connectivity index (χ4n) is 2.90. The minimum Gasteiger partial charge on any atom is -0.497 e. The van der Waals surface area contributed by atoms with Crippen molar-refractivity contribution in [3.05, 3.63) is 29.8 Å². The summed E-state index contributed by atoms with van der Waals surface area (Å²) in [4.78, 5) is 0. The maximum Gasteiger partial charge on any atom is 0.119 e. The van der Waals surface area contributed by atoms with E-state index in [1.54, 1.807) is 7.11 Å². The van der Waals surface area contributed by atoms with Crippen molar-refractivity contribution >= 4 is 0 Å². The molecule has 0 bridgehead atoms. The highest BCUT2D eigenvalue weighted by molar-refractivity contribution is 5.30. The van der Waals surface area contributed by atoms with Gasteiger partial charge in [-0.2, -0.15) is 0 Å². The minimum absolute atomic E-state index is 0.149. The van der Waals surface area contributed by atoms with Gasteiger partial charge in [-0.1, -0.05) is 26.0 Å². The van der Waals surface area contributed by atoms with Gasteiger partial charge in [0.1, 0.15) is 5.75 Å². The molecule has 1 unspecified atom stereocenters. The lowest BCUT2D eigenvalue weighted by Crippen LogP contribution is -2.29. The van der Waals surface area contributed by atoms with Crippen LogP contribution < -0.4 is 10.5 Å². The first-order valence-corrected chi connectivity index (χ1v) is 6.91. The molecule has 1 saturated carbocycles. The molecule has 2 nitrogen and oxygen atoms in total. The van der Waals surface area contributed by atoms with Crippen LogP contribution in [0.15, 0.2) is 24.3 Å². The number of hydrogen-bond acceptors (Lipinski definition) is 2. The number of rotatable bonds is 3. The quantitative estimate of drug-likeness (QED) is 0.879. The van der Waals surface area contributed by atoms with E-state index in [0.29, 0.717) is 11.3 Å². The molecule has 1 aromatic rings. The third-order valence-corrected chi connectivity index (χ3v) is 4.37. The van der Waals surface area contributed by atoms with Crippen molar-refractivity contribution in [3.63, 3.8) is 0 Å². The van der Waals surface area contributed by atoms with E-state index in [0.717, 1.165) is 5.75 Å². The van der Waals surface area contributed by atoms with Crippen LogP contribution in [0.3, 0.4) is 0 Å². The van der Waals surface area contributed by atoms with Crippen LogP contribution >= 0.6 is 0 Å². The Hall–Kier alpha value is -1.02. The third-order valence-electron chi connectivity index (χ3n) is 4.37. The lowest BCUT2D eigenvalue weighted by Gasteiger charge is -2.37. The summed E-state index contributed by atoms with van der Waals surface area (Å²) in [5, 5.41) is 0. The van der Waals surface area contributed by atoms with Crippen LogP contribution in [0.1, 0.15) is 51.1 Å². The molecule has 1 atom stereocenters. The van der Waals surface area contributed by atoms with Crippen molar-refractivity contribution in [2.45, 2.75) is 45.6 Å². The SMILES string of the molecule is COc1cccc(C(N)C2CCC(C)(C)CC2)c1. The van der Waals surface area contributed by atoms with Gasteiger partial charge < -0.3 is 10.5 Å². The highest BCUT2D eigenvalue weighted by Crippen LogP contribution is 2.42. The van der Waals surface area contributed by atoms with Crippen molar-refractivity contribution in [1.29, 1.82) is 0 Å². The van der Waals surface area contributed by atoms with Gasteiger partial charge in [-0.05, 0) is 54.7 Å². The lowest BCUT2D eigenvalue weighted by molar-refractivity contribution is 0.173. The predicted molar refractivity (Wildman–Crippen MR) is 75.7 cm³/mol. The first kappa shape index (κ1) is 13.4. The maximum absolute atomic E-state index is 6.43. The van der Waals surface area contributed by atoms with Crippen LogP contribution in [0.25, 0.3) is 0 Å². The van der Waals surface area contributed by atoms with E-state index in [9.17, 15) is 0 Å². The Kier molecular flexibility index (Phi) is 3.96. The van der Waals surface area contributed by atoms with Crippen LogP contribution in [0.4, 0.5) is 0 Å². The van der Waals surface area contributed by atoms with E-state index in [4.69, 9.17) is 10.5 Å². The zero-order valence-corrected chi connectivity index (χ0v) is 11.8. The molecule has 1 fully saturated rings. The van der Waals surface area contributed by atoms with Gasteiger partial charge in [0.15, 0.2) is 0 Å². The van der Waals surface area contributed by atoms with E-state index in [1.807, 2.05) is 12.1 Å². The fraction of sp³-hybridized carbons (Fsp3) is 0.625. The molecule has 18 heavy (non-hydrogen) atoms. The largest absolute Gasteiger partial charge is 0.497 e. The molecule has 1 aliphatic rings. The van der Waals surface area contributed by atoms with E-state index in [2.05, 4.69) is 26.0 Å². The van der Waals surface area contributed by atoms with E-state index < -0.39 is 0 Å². The molecule has 100 valence electrons. The molecule has 1 aromatic carbocycles. The van der Waals surface area contributed by atoms with Gasteiger partial charge >= 0.3 is 0 Å². The van der Waals surface area contributed by atoms with Gasteiger partial charge in [-0.3, -0.25) is 0 Å². The second-order valence-electron chi connectivity index (χ2n) is 6.30. The molecule has 0 aromatic heterocycles. The molecular formula is C16H25NO. The molecule has 0 heterocycles. The second-order valence-corrected chi connectivity index (χ2v) is 6.30. The van der Waals surface area contributed by atoms with Gasteiger partial charge in [0.05, 0.1) is 7.11 Å². The first-order valence-electron chi connectivity index (χ1n) is 6.91. The summed E-state index contributed by atoms with van der Waals surface area (Å²) in [5.74, 6) is 1.52. The Morgan fingerprint density at radius 3 is 2.56 bits per heavy atom. The molecule has 1 aliphatic carbocycles. The molecule has 0 saturated heterocycles. The molecule has 0 aliphatic heterocycles. The molecule has 0 radical (unpaired) electrons. The highest BCUT2D eigenvalue weighted by Gasteiger charge is 2.30. The van der Waals surface area contributed by atoms with Crippen LogP contribution in [-0.2, 0) is 0 Å². The number of hydrogen-bond donors (Lipinski definition) is 1. The van der Waals surface area contributed by atoms with Crippen LogP contribution in [0, 0.1) is 11.3 Å². The van der Waals surface area contributed by atoms with Gasteiger partial charge in [0.2, 0.25) is 0 Å². The average molecular weight is 247 g/mol. The zero-order valence-electron chi connectivity index (χ0n) is 11.8. The fourth-order valence-corrected chi connectivity index (χ4v) is 2.90.